The maximum atomic E-state index is 13.8. The van der Waals surface area contributed by atoms with Crippen molar-refractivity contribution in [1.82, 2.24) is 5.32 Å². The fourth-order valence-corrected chi connectivity index (χ4v) is 2.56. The second-order valence-corrected chi connectivity index (χ2v) is 5.67. The molecule has 3 heteroatoms. The van der Waals surface area contributed by atoms with Gasteiger partial charge >= 0.3 is 0 Å². The Morgan fingerprint density at radius 3 is 2.57 bits per heavy atom. The maximum Gasteiger partial charge on any atom is 0.165 e. The normalized spacial score (nSPS) is 12.4. The summed E-state index contributed by atoms with van der Waals surface area (Å²) in [7, 11) is 1.50. The van der Waals surface area contributed by atoms with Crippen molar-refractivity contribution in [1.29, 1.82) is 0 Å². The summed E-state index contributed by atoms with van der Waals surface area (Å²) in [5, 5.41) is 3.59. The summed E-state index contributed by atoms with van der Waals surface area (Å²) in [6, 6.07) is 5.73. The van der Waals surface area contributed by atoms with E-state index >= 15 is 0 Å². The molecule has 1 aromatic carbocycles. The van der Waals surface area contributed by atoms with Crippen molar-refractivity contribution in [3.63, 3.8) is 0 Å². The molecule has 0 bridgehead atoms. The highest BCUT2D eigenvalue weighted by atomic mass is 19.1. The summed E-state index contributed by atoms with van der Waals surface area (Å²) in [6.45, 7) is 5.43. The molecule has 0 amide bonds. The third-order valence-corrected chi connectivity index (χ3v) is 3.79. The van der Waals surface area contributed by atoms with Gasteiger partial charge in [-0.15, -0.1) is 0 Å². The Balaban J connectivity index is 2.55. The molecule has 0 saturated heterocycles. The van der Waals surface area contributed by atoms with Gasteiger partial charge in [0.05, 0.1) is 7.11 Å². The number of unbranched alkanes of at least 4 members (excludes halogenated alkanes) is 3. The number of methoxy groups -OCH3 is 1. The Kier molecular flexibility index (Phi) is 9.07. The molecule has 0 fully saturated rings. The molecule has 0 spiro atoms. The lowest BCUT2D eigenvalue weighted by Crippen LogP contribution is -2.31. The lowest BCUT2D eigenvalue weighted by molar-refractivity contribution is 0.385. The van der Waals surface area contributed by atoms with E-state index in [-0.39, 0.29) is 5.82 Å². The van der Waals surface area contributed by atoms with E-state index < -0.39 is 0 Å². The van der Waals surface area contributed by atoms with Crippen LogP contribution in [-0.4, -0.2) is 19.7 Å². The molecule has 2 nitrogen and oxygen atoms in total. The van der Waals surface area contributed by atoms with Gasteiger partial charge in [0.1, 0.15) is 0 Å². The lowest BCUT2D eigenvalue weighted by Gasteiger charge is -2.19. The largest absolute Gasteiger partial charge is 0.494 e. The molecule has 0 aliphatic carbocycles. The van der Waals surface area contributed by atoms with Gasteiger partial charge in [-0.3, -0.25) is 0 Å². The minimum Gasteiger partial charge on any atom is -0.494 e. The minimum absolute atomic E-state index is 0.268. The van der Waals surface area contributed by atoms with Crippen LogP contribution < -0.4 is 10.1 Å². The SMILES string of the molecule is CCCCCCC(Cc1ccc(OC)c(F)c1)NCCC. The highest BCUT2D eigenvalue weighted by Crippen LogP contribution is 2.19. The number of rotatable bonds is 11. The van der Waals surface area contributed by atoms with Crippen molar-refractivity contribution < 1.29 is 9.13 Å². The van der Waals surface area contributed by atoms with Crippen LogP contribution in [-0.2, 0) is 6.42 Å². The molecule has 0 saturated carbocycles. The molecule has 0 aliphatic heterocycles. The van der Waals surface area contributed by atoms with E-state index in [1.54, 1.807) is 12.1 Å². The first kappa shape index (κ1) is 18.0. The van der Waals surface area contributed by atoms with Crippen LogP contribution in [0.4, 0.5) is 4.39 Å². The van der Waals surface area contributed by atoms with Crippen molar-refractivity contribution in [2.24, 2.45) is 0 Å². The summed E-state index contributed by atoms with van der Waals surface area (Å²) in [5.74, 6) is 0.0509. The second kappa shape index (κ2) is 10.6. The molecule has 0 aliphatic rings. The summed E-state index contributed by atoms with van der Waals surface area (Å²) in [6.07, 6.45) is 8.27. The van der Waals surface area contributed by atoms with Crippen LogP contribution in [0, 0.1) is 5.82 Å². The molecular formula is C18H30FNO. The Hall–Kier alpha value is -1.09. The molecule has 1 N–H and O–H groups in total. The first-order chi connectivity index (χ1) is 10.2. The van der Waals surface area contributed by atoms with Gasteiger partial charge < -0.3 is 10.1 Å². The van der Waals surface area contributed by atoms with Crippen molar-refractivity contribution in [3.8, 4) is 5.75 Å². The molecule has 120 valence electrons. The second-order valence-electron chi connectivity index (χ2n) is 5.67. The van der Waals surface area contributed by atoms with E-state index in [0.717, 1.165) is 31.4 Å². The number of hydrogen-bond acceptors (Lipinski definition) is 2. The Bertz CT molecular complexity index is 395. The molecule has 0 heterocycles. The molecule has 1 unspecified atom stereocenters. The van der Waals surface area contributed by atoms with E-state index in [4.69, 9.17) is 4.74 Å². The van der Waals surface area contributed by atoms with Crippen LogP contribution in [0.2, 0.25) is 0 Å². The monoisotopic (exact) mass is 295 g/mol. The first-order valence-electron chi connectivity index (χ1n) is 8.27. The van der Waals surface area contributed by atoms with Gasteiger partial charge in [-0.25, -0.2) is 4.39 Å². The van der Waals surface area contributed by atoms with E-state index in [9.17, 15) is 4.39 Å². The van der Waals surface area contributed by atoms with Gasteiger partial charge in [0.2, 0.25) is 0 Å². The Morgan fingerprint density at radius 2 is 1.95 bits per heavy atom. The zero-order chi connectivity index (χ0) is 15.5. The van der Waals surface area contributed by atoms with Gasteiger partial charge in [0.25, 0.3) is 0 Å². The maximum absolute atomic E-state index is 13.8. The standard InChI is InChI=1S/C18H30FNO/c1-4-6-7-8-9-16(20-12-5-2)13-15-10-11-18(21-3)17(19)14-15/h10-11,14,16,20H,4-9,12-13H2,1-3H3. The number of benzene rings is 1. The van der Waals surface area contributed by atoms with Crippen LogP contribution in [0.15, 0.2) is 18.2 Å². The van der Waals surface area contributed by atoms with Crippen molar-refractivity contribution in [2.75, 3.05) is 13.7 Å². The highest BCUT2D eigenvalue weighted by molar-refractivity contribution is 5.29. The fraction of sp³-hybridized carbons (Fsp3) is 0.667. The third-order valence-electron chi connectivity index (χ3n) is 3.79. The fourth-order valence-electron chi connectivity index (χ4n) is 2.56. The van der Waals surface area contributed by atoms with E-state index in [1.165, 1.54) is 32.8 Å². The summed E-state index contributed by atoms with van der Waals surface area (Å²) >= 11 is 0. The predicted octanol–water partition coefficient (Wildman–Crippen LogP) is 4.72. The zero-order valence-electron chi connectivity index (χ0n) is 13.8. The number of ether oxygens (including phenoxy) is 1. The average Bonchev–Trinajstić information content (AvgIpc) is 2.49. The van der Waals surface area contributed by atoms with Crippen LogP contribution in [0.5, 0.6) is 5.75 Å². The quantitative estimate of drug-likeness (QED) is 0.597. The molecule has 0 radical (unpaired) electrons. The Labute approximate surface area is 129 Å². The topological polar surface area (TPSA) is 21.3 Å². The molecule has 0 aromatic heterocycles. The van der Waals surface area contributed by atoms with E-state index in [0.29, 0.717) is 11.8 Å². The molecule has 1 rings (SSSR count). The van der Waals surface area contributed by atoms with Crippen LogP contribution in [0.25, 0.3) is 0 Å². The first-order valence-corrected chi connectivity index (χ1v) is 8.27. The summed E-state index contributed by atoms with van der Waals surface area (Å²) < 4.78 is 18.7. The number of nitrogens with one attached hydrogen (secondary N) is 1. The zero-order valence-corrected chi connectivity index (χ0v) is 13.8. The molecule has 1 aromatic rings. The van der Waals surface area contributed by atoms with Crippen molar-refractivity contribution in [3.05, 3.63) is 29.6 Å². The average molecular weight is 295 g/mol. The van der Waals surface area contributed by atoms with Gasteiger partial charge in [-0.1, -0.05) is 45.6 Å². The smallest absolute Gasteiger partial charge is 0.165 e. The van der Waals surface area contributed by atoms with E-state index in [1.807, 2.05) is 6.07 Å². The predicted molar refractivity (Wildman–Crippen MR) is 87.5 cm³/mol. The van der Waals surface area contributed by atoms with Crippen LogP contribution >= 0.6 is 0 Å². The van der Waals surface area contributed by atoms with E-state index in [2.05, 4.69) is 19.2 Å². The number of hydrogen-bond donors (Lipinski definition) is 1. The number of halogens is 1. The third kappa shape index (κ3) is 6.94. The van der Waals surface area contributed by atoms with Crippen LogP contribution in [0.3, 0.4) is 0 Å². The van der Waals surface area contributed by atoms with Crippen LogP contribution in [0.1, 0.15) is 57.9 Å². The molecule has 1 atom stereocenters. The van der Waals surface area contributed by atoms with Gasteiger partial charge in [-0.2, -0.15) is 0 Å². The summed E-state index contributed by atoms with van der Waals surface area (Å²) in [5.41, 5.74) is 1.04. The molecule has 21 heavy (non-hydrogen) atoms. The summed E-state index contributed by atoms with van der Waals surface area (Å²) in [4.78, 5) is 0. The van der Waals surface area contributed by atoms with Crippen molar-refractivity contribution >= 4 is 0 Å². The Morgan fingerprint density at radius 1 is 1.14 bits per heavy atom. The van der Waals surface area contributed by atoms with Gasteiger partial charge in [-0.05, 0) is 43.5 Å². The lowest BCUT2D eigenvalue weighted by atomic mass is 9.99. The minimum atomic E-state index is -0.268. The molecular weight excluding hydrogens is 265 g/mol. The highest BCUT2D eigenvalue weighted by Gasteiger charge is 2.11. The van der Waals surface area contributed by atoms with Gasteiger partial charge in [0.15, 0.2) is 11.6 Å². The van der Waals surface area contributed by atoms with Gasteiger partial charge in [0, 0.05) is 6.04 Å². The van der Waals surface area contributed by atoms with Crippen molar-refractivity contribution in [2.45, 2.75) is 64.8 Å².